The summed E-state index contributed by atoms with van der Waals surface area (Å²) in [5, 5.41) is 0. The van der Waals surface area contributed by atoms with Gasteiger partial charge in [-0.2, -0.15) is 0 Å². The van der Waals surface area contributed by atoms with Crippen LogP contribution in [0.1, 0.15) is 34.9 Å². The third-order valence-electron chi connectivity index (χ3n) is 3.66. The predicted octanol–water partition coefficient (Wildman–Crippen LogP) is 3.27. The molecular formula is C15H14F2N2O. The molecule has 20 heavy (non-hydrogen) atoms. The average molecular weight is 276 g/mol. The van der Waals surface area contributed by atoms with Crippen molar-refractivity contribution in [1.29, 1.82) is 0 Å². The third kappa shape index (κ3) is 2.19. The van der Waals surface area contributed by atoms with Crippen LogP contribution in [0, 0.1) is 11.6 Å². The highest BCUT2D eigenvalue weighted by Crippen LogP contribution is 2.32. The molecule has 1 aromatic heterocycles. The zero-order chi connectivity index (χ0) is 14.1. The van der Waals surface area contributed by atoms with Crippen LogP contribution in [0.15, 0.2) is 36.5 Å². The molecule has 1 saturated heterocycles. The topological polar surface area (TPSA) is 36.1 Å². The fourth-order valence-corrected chi connectivity index (χ4v) is 2.68. The third-order valence-corrected chi connectivity index (χ3v) is 3.66. The van der Waals surface area contributed by atoms with Crippen molar-refractivity contribution >= 4 is 5.91 Å². The normalized spacial score (nSPS) is 18.5. The Kier molecular flexibility index (Phi) is 3.26. The Bertz CT molecular complexity index is 625. The Morgan fingerprint density at radius 1 is 1.25 bits per heavy atom. The second-order valence-corrected chi connectivity index (χ2v) is 4.91. The van der Waals surface area contributed by atoms with E-state index >= 15 is 0 Å². The summed E-state index contributed by atoms with van der Waals surface area (Å²) in [7, 11) is 0. The zero-order valence-corrected chi connectivity index (χ0v) is 10.8. The summed E-state index contributed by atoms with van der Waals surface area (Å²) in [6.45, 7) is 0.627. The molecule has 0 aliphatic carbocycles. The van der Waals surface area contributed by atoms with Crippen LogP contribution in [0.5, 0.6) is 0 Å². The zero-order valence-electron chi connectivity index (χ0n) is 10.8. The van der Waals surface area contributed by atoms with Gasteiger partial charge in [0.2, 0.25) is 0 Å². The van der Waals surface area contributed by atoms with Gasteiger partial charge in [-0.3, -0.25) is 4.79 Å². The smallest absolute Gasteiger partial charge is 0.254 e. The minimum absolute atomic E-state index is 0.0226. The van der Waals surface area contributed by atoms with Gasteiger partial charge in [0.15, 0.2) is 11.6 Å². The highest BCUT2D eigenvalue weighted by atomic mass is 19.2. The molecule has 1 unspecified atom stereocenters. The van der Waals surface area contributed by atoms with Gasteiger partial charge in [-0.15, -0.1) is 0 Å². The lowest BCUT2D eigenvalue weighted by Crippen LogP contribution is -2.30. The first-order valence-corrected chi connectivity index (χ1v) is 6.56. The molecule has 3 rings (SSSR count). The molecule has 1 aliphatic heterocycles. The molecule has 5 heteroatoms. The quantitative estimate of drug-likeness (QED) is 0.897. The van der Waals surface area contributed by atoms with Gasteiger partial charge in [-0.1, -0.05) is 0 Å². The van der Waals surface area contributed by atoms with Crippen LogP contribution in [0.4, 0.5) is 8.78 Å². The number of aromatic nitrogens is 1. The van der Waals surface area contributed by atoms with Gasteiger partial charge in [-0.05, 0) is 43.2 Å². The summed E-state index contributed by atoms with van der Waals surface area (Å²) in [6, 6.07) is 7.06. The van der Waals surface area contributed by atoms with Crippen LogP contribution >= 0.6 is 0 Å². The maximum atomic E-state index is 13.2. The second kappa shape index (κ2) is 5.07. The van der Waals surface area contributed by atoms with E-state index in [-0.39, 0.29) is 17.5 Å². The summed E-state index contributed by atoms with van der Waals surface area (Å²) < 4.78 is 26.2. The summed E-state index contributed by atoms with van der Waals surface area (Å²) in [4.78, 5) is 17.3. The van der Waals surface area contributed by atoms with E-state index in [0.717, 1.165) is 30.7 Å². The Morgan fingerprint density at radius 2 is 2.10 bits per heavy atom. The number of carbonyl (C=O) groups is 1. The van der Waals surface area contributed by atoms with Crippen molar-refractivity contribution in [2.45, 2.75) is 18.9 Å². The molecule has 0 radical (unpaired) electrons. The molecule has 1 amide bonds. The second-order valence-electron chi connectivity index (χ2n) is 4.91. The number of halogens is 2. The van der Waals surface area contributed by atoms with Crippen molar-refractivity contribution in [3.05, 3.63) is 59.4 Å². The number of carbonyl (C=O) groups excluding carboxylic acids is 1. The van der Waals surface area contributed by atoms with Crippen LogP contribution < -0.4 is 0 Å². The molecule has 2 heterocycles. The molecule has 2 aromatic rings. The van der Waals surface area contributed by atoms with E-state index in [1.54, 1.807) is 4.90 Å². The maximum absolute atomic E-state index is 13.2. The molecule has 1 aromatic carbocycles. The van der Waals surface area contributed by atoms with Gasteiger partial charge in [0.1, 0.15) is 0 Å². The van der Waals surface area contributed by atoms with E-state index in [9.17, 15) is 13.6 Å². The monoisotopic (exact) mass is 276 g/mol. The fourth-order valence-electron chi connectivity index (χ4n) is 2.68. The van der Waals surface area contributed by atoms with Gasteiger partial charge >= 0.3 is 0 Å². The largest absolute Gasteiger partial charge is 0.363 e. The van der Waals surface area contributed by atoms with Crippen LogP contribution in [0.3, 0.4) is 0 Å². The molecule has 104 valence electrons. The highest BCUT2D eigenvalue weighted by molar-refractivity contribution is 5.94. The molecule has 1 fully saturated rings. The Hall–Kier alpha value is -2.17. The van der Waals surface area contributed by atoms with Crippen molar-refractivity contribution in [1.82, 2.24) is 9.88 Å². The Balaban J connectivity index is 1.87. The summed E-state index contributed by atoms with van der Waals surface area (Å²) >= 11 is 0. The number of benzene rings is 1. The number of nitrogens with zero attached hydrogens (tertiary/aromatic N) is 1. The first-order valence-electron chi connectivity index (χ1n) is 6.56. The van der Waals surface area contributed by atoms with E-state index < -0.39 is 11.6 Å². The standard InChI is InChI=1S/C15H14F2N2O/c16-11-6-5-10(9-12(11)17)15(20)19-8-2-4-14(19)13-3-1-7-18-13/h1,3,5-7,9,14,18H,2,4,8H2. The predicted molar refractivity (Wildman–Crippen MR) is 70.2 cm³/mol. The molecular weight excluding hydrogens is 262 g/mol. The summed E-state index contributed by atoms with van der Waals surface area (Å²) in [5.41, 5.74) is 1.15. The van der Waals surface area contributed by atoms with E-state index in [4.69, 9.17) is 0 Å². The minimum atomic E-state index is -0.994. The van der Waals surface area contributed by atoms with Crippen molar-refractivity contribution in [3.63, 3.8) is 0 Å². The van der Waals surface area contributed by atoms with Crippen molar-refractivity contribution < 1.29 is 13.6 Å². The van der Waals surface area contributed by atoms with E-state index in [1.807, 2.05) is 18.3 Å². The minimum Gasteiger partial charge on any atom is -0.363 e. The Morgan fingerprint density at radius 3 is 2.80 bits per heavy atom. The molecule has 0 bridgehead atoms. The van der Waals surface area contributed by atoms with Crippen LogP contribution in [0.2, 0.25) is 0 Å². The number of hydrogen-bond acceptors (Lipinski definition) is 1. The van der Waals surface area contributed by atoms with Gasteiger partial charge < -0.3 is 9.88 Å². The van der Waals surface area contributed by atoms with Crippen LogP contribution in [0.25, 0.3) is 0 Å². The number of likely N-dealkylation sites (tertiary alicyclic amines) is 1. The van der Waals surface area contributed by atoms with Crippen LogP contribution in [-0.2, 0) is 0 Å². The molecule has 1 N–H and O–H groups in total. The van der Waals surface area contributed by atoms with Crippen molar-refractivity contribution in [2.24, 2.45) is 0 Å². The molecule has 1 atom stereocenters. The van der Waals surface area contributed by atoms with Crippen molar-refractivity contribution in [3.8, 4) is 0 Å². The Labute approximate surface area is 115 Å². The number of amides is 1. The number of hydrogen-bond donors (Lipinski definition) is 1. The lowest BCUT2D eigenvalue weighted by atomic mass is 10.1. The fraction of sp³-hybridized carbons (Fsp3) is 0.267. The number of nitrogens with one attached hydrogen (secondary N) is 1. The van der Waals surface area contributed by atoms with E-state index in [2.05, 4.69) is 4.98 Å². The average Bonchev–Trinajstić information content (AvgIpc) is 3.10. The maximum Gasteiger partial charge on any atom is 0.254 e. The first kappa shape index (κ1) is 12.8. The number of H-pyrrole nitrogens is 1. The van der Waals surface area contributed by atoms with Gasteiger partial charge in [0.25, 0.3) is 5.91 Å². The summed E-state index contributed by atoms with van der Waals surface area (Å²) in [5.74, 6) is -2.20. The SMILES string of the molecule is O=C(c1ccc(F)c(F)c1)N1CCCC1c1ccc[nH]1. The number of aromatic amines is 1. The van der Waals surface area contributed by atoms with Gasteiger partial charge in [-0.25, -0.2) is 8.78 Å². The molecule has 1 aliphatic rings. The van der Waals surface area contributed by atoms with Gasteiger partial charge in [0, 0.05) is 24.0 Å². The molecule has 0 saturated carbocycles. The molecule has 0 spiro atoms. The van der Waals surface area contributed by atoms with Crippen molar-refractivity contribution in [2.75, 3.05) is 6.54 Å². The highest BCUT2D eigenvalue weighted by Gasteiger charge is 2.31. The van der Waals surface area contributed by atoms with E-state index in [0.29, 0.717) is 6.54 Å². The number of rotatable bonds is 2. The molecule has 3 nitrogen and oxygen atoms in total. The lowest BCUT2D eigenvalue weighted by molar-refractivity contribution is 0.0732. The van der Waals surface area contributed by atoms with Gasteiger partial charge in [0.05, 0.1) is 6.04 Å². The van der Waals surface area contributed by atoms with E-state index in [1.165, 1.54) is 6.07 Å². The summed E-state index contributed by atoms with van der Waals surface area (Å²) in [6.07, 6.45) is 3.59. The lowest BCUT2D eigenvalue weighted by Gasteiger charge is -2.24. The first-order chi connectivity index (χ1) is 9.66. The van der Waals surface area contributed by atoms with Crippen LogP contribution in [-0.4, -0.2) is 22.3 Å².